The average Bonchev–Trinajstić information content (AvgIpc) is 3.09. The van der Waals surface area contributed by atoms with Crippen LogP contribution in [0, 0.1) is 0 Å². The molecule has 2 N–H and O–H groups in total. The van der Waals surface area contributed by atoms with Crippen molar-refractivity contribution >= 4 is 12.0 Å². The van der Waals surface area contributed by atoms with Crippen molar-refractivity contribution in [3.8, 4) is 0 Å². The molecular weight excluding hydrogens is 300 g/mol. The van der Waals surface area contributed by atoms with E-state index in [4.69, 9.17) is 0 Å². The maximum absolute atomic E-state index is 12.0. The largest absolute Gasteiger partial charge is 0.351 e. The van der Waals surface area contributed by atoms with Crippen LogP contribution in [0.25, 0.3) is 6.08 Å². The molecule has 1 atom stereocenters. The summed E-state index contributed by atoms with van der Waals surface area (Å²) in [6.45, 7) is 2.86. The molecule has 1 aromatic carbocycles. The van der Waals surface area contributed by atoms with Crippen LogP contribution in [0.2, 0.25) is 0 Å². The van der Waals surface area contributed by atoms with Crippen molar-refractivity contribution in [1.29, 1.82) is 0 Å². The predicted molar refractivity (Wildman–Crippen MR) is 95.6 cm³/mol. The minimum Gasteiger partial charge on any atom is -0.351 e. The lowest BCUT2D eigenvalue weighted by Crippen LogP contribution is -2.29. The number of hydrogen-bond acceptors (Lipinski definition) is 3. The first-order chi connectivity index (χ1) is 11.8. The number of benzene rings is 1. The fourth-order valence-corrected chi connectivity index (χ4v) is 2.92. The zero-order valence-electron chi connectivity index (χ0n) is 13.8. The first-order valence-corrected chi connectivity index (χ1v) is 8.53. The van der Waals surface area contributed by atoms with E-state index in [2.05, 4.69) is 15.7 Å². The van der Waals surface area contributed by atoms with Gasteiger partial charge in [-0.25, -0.2) is 0 Å². The molecule has 5 heteroatoms. The third-order valence-electron chi connectivity index (χ3n) is 4.21. The Bertz CT molecular complexity index is 672. The zero-order valence-corrected chi connectivity index (χ0v) is 13.8. The molecule has 0 spiro atoms. The third-order valence-corrected chi connectivity index (χ3v) is 4.21. The van der Waals surface area contributed by atoms with Gasteiger partial charge in [0.15, 0.2) is 0 Å². The van der Waals surface area contributed by atoms with Gasteiger partial charge in [-0.2, -0.15) is 5.10 Å². The number of carbonyl (C=O) groups is 1. The second kappa shape index (κ2) is 8.45. The minimum absolute atomic E-state index is 0.0240. The summed E-state index contributed by atoms with van der Waals surface area (Å²) in [4.78, 5) is 12.0. The Kier molecular flexibility index (Phi) is 5.80. The summed E-state index contributed by atoms with van der Waals surface area (Å²) in [5.74, 6) is 0.445. The number of aromatic nitrogens is 2. The molecule has 5 nitrogen and oxygen atoms in total. The van der Waals surface area contributed by atoms with Crippen molar-refractivity contribution in [2.75, 3.05) is 19.6 Å². The minimum atomic E-state index is -0.0240. The Hall–Kier alpha value is -2.40. The third kappa shape index (κ3) is 4.80. The Morgan fingerprint density at radius 2 is 2.21 bits per heavy atom. The van der Waals surface area contributed by atoms with Gasteiger partial charge in [0, 0.05) is 25.2 Å². The molecule has 0 radical (unpaired) electrons. The molecule has 1 amide bonds. The SMILES string of the molecule is O=C(Cn1ccc([C@@H]2CCCNC2)n1)NC/C=C/c1ccccc1. The molecular formula is C19H24N4O. The zero-order chi connectivity index (χ0) is 16.6. The molecule has 2 aromatic rings. The van der Waals surface area contributed by atoms with E-state index in [9.17, 15) is 4.79 Å². The van der Waals surface area contributed by atoms with Gasteiger partial charge >= 0.3 is 0 Å². The van der Waals surface area contributed by atoms with Crippen molar-refractivity contribution < 1.29 is 4.79 Å². The molecule has 1 fully saturated rings. The van der Waals surface area contributed by atoms with Gasteiger partial charge in [0.05, 0.1) is 5.69 Å². The van der Waals surface area contributed by atoms with E-state index in [1.165, 1.54) is 12.8 Å². The van der Waals surface area contributed by atoms with Crippen LogP contribution in [-0.2, 0) is 11.3 Å². The molecule has 0 saturated carbocycles. The van der Waals surface area contributed by atoms with Crippen LogP contribution < -0.4 is 10.6 Å². The lowest BCUT2D eigenvalue weighted by Gasteiger charge is -2.20. The lowest BCUT2D eigenvalue weighted by molar-refractivity contribution is -0.121. The number of rotatable bonds is 6. The summed E-state index contributed by atoms with van der Waals surface area (Å²) >= 11 is 0. The number of carbonyl (C=O) groups excluding carboxylic acids is 1. The van der Waals surface area contributed by atoms with Crippen LogP contribution in [0.15, 0.2) is 48.7 Å². The summed E-state index contributed by atoms with van der Waals surface area (Å²) in [5.41, 5.74) is 2.21. The molecule has 3 rings (SSSR count). The normalized spacial score (nSPS) is 17.9. The molecule has 1 aromatic heterocycles. The highest BCUT2D eigenvalue weighted by Gasteiger charge is 2.17. The molecule has 1 aliphatic rings. The molecule has 126 valence electrons. The number of hydrogen-bond donors (Lipinski definition) is 2. The second-order valence-electron chi connectivity index (χ2n) is 6.10. The highest BCUT2D eigenvalue weighted by molar-refractivity contribution is 5.75. The maximum Gasteiger partial charge on any atom is 0.241 e. The van der Waals surface area contributed by atoms with Crippen LogP contribution >= 0.6 is 0 Å². The first-order valence-electron chi connectivity index (χ1n) is 8.53. The topological polar surface area (TPSA) is 59.0 Å². The number of piperidine rings is 1. The fraction of sp³-hybridized carbons (Fsp3) is 0.368. The molecule has 2 heterocycles. The van der Waals surface area contributed by atoms with Crippen molar-refractivity contribution in [2.24, 2.45) is 0 Å². The summed E-state index contributed by atoms with van der Waals surface area (Å²) in [6, 6.07) is 12.1. The maximum atomic E-state index is 12.0. The van der Waals surface area contributed by atoms with Crippen LogP contribution in [0.3, 0.4) is 0 Å². The fourth-order valence-electron chi connectivity index (χ4n) is 2.92. The van der Waals surface area contributed by atoms with E-state index < -0.39 is 0 Å². The van der Waals surface area contributed by atoms with Gasteiger partial charge < -0.3 is 10.6 Å². The first kappa shape index (κ1) is 16.5. The van der Waals surface area contributed by atoms with Gasteiger partial charge in [-0.3, -0.25) is 9.48 Å². The van der Waals surface area contributed by atoms with Crippen LogP contribution in [-0.4, -0.2) is 35.3 Å². The van der Waals surface area contributed by atoms with Gasteiger partial charge in [-0.15, -0.1) is 0 Å². The van der Waals surface area contributed by atoms with Gasteiger partial charge in [-0.05, 0) is 31.0 Å². The van der Waals surface area contributed by atoms with E-state index in [0.29, 0.717) is 12.5 Å². The van der Waals surface area contributed by atoms with Crippen LogP contribution in [0.5, 0.6) is 0 Å². The Labute approximate surface area is 142 Å². The van der Waals surface area contributed by atoms with Gasteiger partial charge in [0.1, 0.15) is 6.54 Å². The quantitative estimate of drug-likeness (QED) is 0.856. The number of amides is 1. The molecule has 24 heavy (non-hydrogen) atoms. The second-order valence-corrected chi connectivity index (χ2v) is 6.10. The molecule has 0 aliphatic carbocycles. The van der Waals surface area contributed by atoms with E-state index in [0.717, 1.165) is 24.3 Å². The lowest BCUT2D eigenvalue weighted by atomic mass is 9.97. The predicted octanol–water partition coefficient (Wildman–Crippen LogP) is 2.18. The smallest absolute Gasteiger partial charge is 0.241 e. The highest BCUT2D eigenvalue weighted by atomic mass is 16.2. The molecule has 1 saturated heterocycles. The van der Waals surface area contributed by atoms with E-state index in [1.54, 1.807) is 4.68 Å². The number of nitrogens with zero attached hydrogens (tertiary/aromatic N) is 2. The average molecular weight is 324 g/mol. The monoisotopic (exact) mass is 324 g/mol. The van der Waals surface area contributed by atoms with E-state index in [-0.39, 0.29) is 12.5 Å². The Balaban J connectivity index is 1.43. The summed E-state index contributed by atoms with van der Waals surface area (Å²) < 4.78 is 1.72. The molecule has 0 unspecified atom stereocenters. The summed E-state index contributed by atoms with van der Waals surface area (Å²) in [7, 11) is 0. The van der Waals surface area contributed by atoms with Crippen LogP contribution in [0.1, 0.15) is 30.0 Å². The van der Waals surface area contributed by atoms with Gasteiger partial charge in [0.2, 0.25) is 5.91 Å². The number of nitrogens with one attached hydrogen (secondary N) is 2. The van der Waals surface area contributed by atoms with Gasteiger partial charge in [0.25, 0.3) is 0 Å². The van der Waals surface area contributed by atoms with Crippen LogP contribution in [0.4, 0.5) is 0 Å². The van der Waals surface area contributed by atoms with Crippen molar-refractivity contribution in [1.82, 2.24) is 20.4 Å². The van der Waals surface area contributed by atoms with Crippen molar-refractivity contribution in [3.05, 3.63) is 59.9 Å². The Morgan fingerprint density at radius 1 is 1.33 bits per heavy atom. The van der Waals surface area contributed by atoms with Gasteiger partial charge in [-0.1, -0.05) is 42.5 Å². The van der Waals surface area contributed by atoms with Crippen molar-refractivity contribution in [2.45, 2.75) is 25.3 Å². The van der Waals surface area contributed by atoms with Crippen molar-refractivity contribution in [3.63, 3.8) is 0 Å². The standard InChI is InChI=1S/C19H24N4O/c24-19(21-12-4-8-16-6-2-1-3-7-16)15-23-13-10-18(22-23)17-9-5-11-20-14-17/h1-4,6-8,10,13,17,20H,5,9,11-12,14-15H2,(H,21,24)/b8-4+/t17-/m1/s1. The van der Waals surface area contributed by atoms with E-state index >= 15 is 0 Å². The summed E-state index contributed by atoms with van der Waals surface area (Å²) in [6.07, 6.45) is 8.20. The highest BCUT2D eigenvalue weighted by Crippen LogP contribution is 2.21. The summed E-state index contributed by atoms with van der Waals surface area (Å²) in [5, 5.41) is 10.8. The Morgan fingerprint density at radius 3 is 3.00 bits per heavy atom. The molecule has 1 aliphatic heterocycles. The molecule has 0 bridgehead atoms. The van der Waals surface area contributed by atoms with E-state index in [1.807, 2.05) is 54.7 Å².